The lowest BCUT2D eigenvalue weighted by Crippen LogP contribution is -2.52. The number of nitrogens with one attached hydrogen (secondary N) is 1. The maximum absolute atomic E-state index is 11.8. The third-order valence-electron chi connectivity index (χ3n) is 3.13. The zero-order chi connectivity index (χ0) is 18.2. The van der Waals surface area contributed by atoms with E-state index in [1.165, 1.54) is 7.11 Å². The van der Waals surface area contributed by atoms with E-state index < -0.39 is 17.7 Å². The Morgan fingerprint density at radius 2 is 1.79 bits per heavy atom. The van der Waals surface area contributed by atoms with Crippen LogP contribution in [0, 0.1) is 5.41 Å². The van der Waals surface area contributed by atoms with Gasteiger partial charge in [0.1, 0.15) is 6.61 Å². The van der Waals surface area contributed by atoms with Crippen LogP contribution in [0.25, 0.3) is 0 Å². The van der Waals surface area contributed by atoms with Crippen LogP contribution in [0.1, 0.15) is 32.8 Å². The van der Waals surface area contributed by atoms with Crippen molar-refractivity contribution in [3.05, 3.63) is 35.9 Å². The molecular weight excluding hydrogens is 314 g/mol. The van der Waals surface area contributed by atoms with Gasteiger partial charge in [0.15, 0.2) is 0 Å². The molecule has 0 aliphatic heterocycles. The zero-order valence-corrected chi connectivity index (χ0v) is 14.5. The van der Waals surface area contributed by atoms with E-state index in [9.17, 15) is 14.7 Å². The number of ether oxygens (including phenoxy) is 2. The van der Waals surface area contributed by atoms with Gasteiger partial charge < -0.3 is 14.6 Å². The Hall–Kier alpha value is -2.12. The van der Waals surface area contributed by atoms with Gasteiger partial charge in [-0.15, -0.1) is 0 Å². The van der Waals surface area contributed by atoms with Gasteiger partial charge in [-0.05, 0) is 17.4 Å². The number of amides is 1. The Bertz CT molecular complexity index is 540. The summed E-state index contributed by atoms with van der Waals surface area (Å²) in [4.78, 5) is 28.7. The van der Waals surface area contributed by atoms with Crippen molar-refractivity contribution in [2.24, 2.45) is 5.41 Å². The van der Waals surface area contributed by atoms with Crippen LogP contribution in [0.15, 0.2) is 30.3 Å². The summed E-state index contributed by atoms with van der Waals surface area (Å²) in [6.07, 6.45) is -0.725. The van der Waals surface area contributed by atoms with Crippen molar-refractivity contribution in [1.29, 1.82) is 0 Å². The zero-order valence-electron chi connectivity index (χ0n) is 14.5. The first kappa shape index (κ1) is 19.9. The molecule has 0 fully saturated rings. The minimum absolute atomic E-state index is 0.0552. The van der Waals surface area contributed by atoms with E-state index in [4.69, 9.17) is 14.3 Å². The lowest BCUT2D eigenvalue weighted by Gasteiger charge is -2.33. The van der Waals surface area contributed by atoms with E-state index in [1.807, 2.05) is 39.0 Å². The molecule has 0 spiro atoms. The Morgan fingerprint density at radius 1 is 1.17 bits per heavy atom. The van der Waals surface area contributed by atoms with Gasteiger partial charge in [0, 0.05) is 7.11 Å². The molecule has 0 aliphatic rings. The van der Waals surface area contributed by atoms with Gasteiger partial charge in [0.25, 0.3) is 0 Å². The number of methoxy groups -OCH3 is 1. The summed E-state index contributed by atoms with van der Waals surface area (Å²) in [6.45, 7) is 5.46. The molecule has 1 rings (SSSR count). The van der Waals surface area contributed by atoms with Crippen LogP contribution in [0.2, 0.25) is 0 Å². The van der Waals surface area contributed by atoms with Crippen molar-refractivity contribution in [2.75, 3.05) is 13.7 Å². The second-order valence-corrected chi connectivity index (χ2v) is 6.74. The van der Waals surface area contributed by atoms with Crippen molar-refractivity contribution in [3.8, 4) is 0 Å². The minimum Gasteiger partial charge on any atom is -0.479 e. The SMILES string of the molecule is COC[C@@](CC(C)(C)C)(ONC(=O)OCc1ccccc1)C(=O)O. The summed E-state index contributed by atoms with van der Waals surface area (Å²) in [5, 5.41) is 9.54. The molecule has 0 unspecified atom stereocenters. The molecule has 0 radical (unpaired) electrons. The number of carboxylic acid groups (broad SMARTS) is 1. The van der Waals surface area contributed by atoms with Crippen LogP contribution < -0.4 is 5.48 Å². The smallest absolute Gasteiger partial charge is 0.431 e. The summed E-state index contributed by atoms with van der Waals surface area (Å²) in [6, 6.07) is 9.11. The minimum atomic E-state index is -1.70. The van der Waals surface area contributed by atoms with Gasteiger partial charge in [0.05, 0.1) is 6.61 Å². The summed E-state index contributed by atoms with van der Waals surface area (Å²) in [7, 11) is 1.37. The summed E-state index contributed by atoms with van der Waals surface area (Å²) in [5.74, 6) is -1.22. The second-order valence-electron chi connectivity index (χ2n) is 6.74. The predicted molar refractivity (Wildman–Crippen MR) is 87.2 cm³/mol. The highest BCUT2D eigenvalue weighted by molar-refractivity contribution is 5.78. The van der Waals surface area contributed by atoms with Gasteiger partial charge in [-0.2, -0.15) is 5.48 Å². The first-order chi connectivity index (χ1) is 11.2. The number of carbonyl (C=O) groups is 2. The third kappa shape index (κ3) is 6.55. The highest BCUT2D eigenvalue weighted by atomic mass is 16.7. The van der Waals surface area contributed by atoms with Crippen LogP contribution in [0.4, 0.5) is 4.79 Å². The number of hydroxylamine groups is 1. The first-order valence-electron chi connectivity index (χ1n) is 7.55. The van der Waals surface area contributed by atoms with Crippen LogP contribution in [0.3, 0.4) is 0 Å². The van der Waals surface area contributed by atoms with Crippen LogP contribution in [-0.2, 0) is 25.7 Å². The molecule has 1 amide bonds. The molecule has 1 aromatic carbocycles. The quantitative estimate of drug-likeness (QED) is 0.707. The number of carbonyl (C=O) groups excluding carboxylic acids is 1. The summed E-state index contributed by atoms with van der Waals surface area (Å²) in [5.41, 5.74) is 0.819. The maximum Gasteiger partial charge on any atom is 0.431 e. The molecule has 0 aromatic heterocycles. The van der Waals surface area contributed by atoms with Crippen molar-refractivity contribution in [2.45, 2.75) is 39.4 Å². The van der Waals surface area contributed by atoms with Gasteiger partial charge in [-0.1, -0.05) is 51.1 Å². The van der Waals surface area contributed by atoms with Crippen molar-refractivity contribution in [3.63, 3.8) is 0 Å². The standard InChI is InChI=1S/C17H25NO6/c1-16(2,3)11-17(12-22-4,14(19)20)24-18-15(21)23-10-13-8-6-5-7-9-13/h5-9H,10-12H2,1-4H3,(H,18,21)(H,19,20)/t17-/m1/s1. The van der Waals surface area contributed by atoms with Gasteiger partial charge in [-0.3, -0.25) is 0 Å². The lowest BCUT2D eigenvalue weighted by atomic mass is 9.82. The van der Waals surface area contributed by atoms with Crippen LogP contribution in [0.5, 0.6) is 0 Å². The van der Waals surface area contributed by atoms with Crippen molar-refractivity contribution >= 4 is 12.1 Å². The fourth-order valence-electron chi connectivity index (χ4n) is 2.28. The Labute approximate surface area is 141 Å². The van der Waals surface area contributed by atoms with Crippen LogP contribution >= 0.6 is 0 Å². The number of hydrogen-bond acceptors (Lipinski definition) is 5. The molecule has 1 atom stereocenters. The number of carboxylic acids is 1. The molecule has 0 saturated heterocycles. The molecule has 7 heteroatoms. The number of benzene rings is 1. The van der Waals surface area contributed by atoms with Gasteiger partial charge in [0.2, 0.25) is 5.60 Å². The first-order valence-corrected chi connectivity index (χ1v) is 7.55. The van der Waals surface area contributed by atoms with E-state index in [-0.39, 0.29) is 25.0 Å². The topological polar surface area (TPSA) is 94.1 Å². The second kappa shape index (κ2) is 8.65. The third-order valence-corrected chi connectivity index (χ3v) is 3.13. The van der Waals surface area contributed by atoms with Gasteiger partial charge in [-0.25, -0.2) is 14.4 Å². The monoisotopic (exact) mass is 339 g/mol. The molecule has 0 heterocycles. The number of rotatable bonds is 8. The lowest BCUT2D eigenvalue weighted by molar-refractivity contribution is -0.190. The van der Waals surface area contributed by atoms with E-state index in [1.54, 1.807) is 12.1 Å². The highest BCUT2D eigenvalue weighted by Crippen LogP contribution is 2.30. The molecule has 0 saturated carbocycles. The Balaban J connectivity index is 2.66. The molecule has 0 aliphatic carbocycles. The predicted octanol–water partition coefficient (Wildman–Crippen LogP) is 2.75. The average molecular weight is 339 g/mol. The summed E-state index contributed by atoms with van der Waals surface area (Å²) >= 11 is 0. The van der Waals surface area contributed by atoms with Crippen molar-refractivity contribution < 1.29 is 29.0 Å². The molecular formula is C17H25NO6. The molecule has 2 N–H and O–H groups in total. The van der Waals surface area contributed by atoms with E-state index in [0.717, 1.165) is 5.56 Å². The molecule has 1 aromatic rings. The van der Waals surface area contributed by atoms with Gasteiger partial charge >= 0.3 is 12.1 Å². The number of aliphatic carboxylic acids is 1. The summed E-state index contributed by atoms with van der Waals surface area (Å²) < 4.78 is 9.98. The molecule has 0 bridgehead atoms. The Kier molecular flexibility index (Phi) is 7.18. The maximum atomic E-state index is 11.8. The normalized spacial score (nSPS) is 13.8. The average Bonchev–Trinajstić information content (AvgIpc) is 2.50. The van der Waals surface area contributed by atoms with Crippen molar-refractivity contribution in [1.82, 2.24) is 5.48 Å². The Morgan fingerprint density at radius 3 is 2.29 bits per heavy atom. The highest BCUT2D eigenvalue weighted by Gasteiger charge is 2.45. The fraction of sp³-hybridized carbons (Fsp3) is 0.529. The number of hydrogen-bond donors (Lipinski definition) is 2. The molecule has 7 nitrogen and oxygen atoms in total. The van der Waals surface area contributed by atoms with E-state index in [2.05, 4.69) is 5.48 Å². The largest absolute Gasteiger partial charge is 0.479 e. The fourth-order valence-corrected chi connectivity index (χ4v) is 2.28. The van der Waals surface area contributed by atoms with E-state index >= 15 is 0 Å². The molecule has 24 heavy (non-hydrogen) atoms. The molecule has 134 valence electrons. The van der Waals surface area contributed by atoms with E-state index in [0.29, 0.717) is 0 Å². The van der Waals surface area contributed by atoms with Crippen LogP contribution in [-0.4, -0.2) is 36.5 Å².